The Bertz CT molecular complexity index is 619. The van der Waals surface area contributed by atoms with Gasteiger partial charge < -0.3 is 20.2 Å². The number of carbonyl (C=O) groups is 1. The number of rotatable bonds is 5. The zero-order valence-electron chi connectivity index (χ0n) is 11.1. The maximum absolute atomic E-state index is 11.6. The lowest BCUT2D eigenvalue weighted by Gasteiger charge is -2.06. The second-order valence-electron chi connectivity index (χ2n) is 4.97. The Hall–Kier alpha value is -2.08. The fourth-order valence-corrected chi connectivity index (χ4v) is 1.98. The maximum Gasteiger partial charge on any atom is 0.319 e. The van der Waals surface area contributed by atoms with Crippen molar-refractivity contribution in [2.24, 2.45) is 0 Å². The number of aliphatic hydroxyl groups is 1. The first kappa shape index (κ1) is 12.9. The van der Waals surface area contributed by atoms with Gasteiger partial charge in [-0.05, 0) is 37.5 Å². The molecule has 1 saturated carbocycles. The summed E-state index contributed by atoms with van der Waals surface area (Å²) in [5.74, 6) is 1.27. The number of hydrogen-bond acceptors (Lipinski definition) is 4. The Morgan fingerprint density at radius 2 is 2.30 bits per heavy atom. The Morgan fingerprint density at radius 1 is 1.45 bits per heavy atom. The van der Waals surface area contributed by atoms with Gasteiger partial charge in [0.25, 0.3) is 0 Å². The van der Waals surface area contributed by atoms with Gasteiger partial charge >= 0.3 is 6.03 Å². The zero-order chi connectivity index (χ0) is 13.9. The summed E-state index contributed by atoms with van der Waals surface area (Å²) in [5.41, 5.74) is 2.19. The molecule has 2 amide bonds. The molecule has 1 aliphatic rings. The van der Waals surface area contributed by atoms with E-state index in [9.17, 15) is 4.79 Å². The highest BCUT2D eigenvalue weighted by molar-refractivity contribution is 5.91. The van der Waals surface area contributed by atoms with Gasteiger partial charge in [0.15, 0.2) is 11.5 Å². The summed E-state index contributed by atoms with van der Waals surface area (Å²) in [6.07, 6.45) is 2.83. The molecule has 6 heteroatoms. The van der Waals surface area contributed by atoms with Crippen molar-refractivity contribution in [3.05, 3.63) is 24.1 Å². The summed E-state index contributed by atoms with van der Waals surface area (Å²) in [6.45, 7) is 0.509. The van der Waals surface area contributed by atoms with Crippen LogP contribution in [0.2, 0.25) is 0 Å². The van der Waals surface area contributed by atoms with Crippen molar-refractivity contribution < 1.29 is 14.3 Å². The minimum absolute atomic E-state index is 0.0646. The molecule has 1 aromatic carbocycles. The number of benzene rings is 1. The number of anilines is 1. The smallest absolute Gasteiger partial charge is 0.319 e. The molecule has 3 N–H and O–H groups in total. The van der Waals surface area contributed by atoms with E-state index in [2.05, 4.69) is 15.6 Å². The van der Waals surface area contributed by atoms with E-state index in [-0.39, 0.29) is 12.6 Å². The SMILES string of the molecule is O=C(NCCCO)Nc1ccc2oc(C3CC3)nc2c1. The number of hydrogen-bond donors (Lipinski definition) is 3. The Morgan fingerprint density at radius 3 is 3.05 bits per heavy atom. The Balaban J connectivity index is 1.67. The minimum Gasteiger partial charge on any atom is -0.440 e. The molecule has 0 saturated heterocycles. The van der Waals surface area contributed by atoms with Crippen LogP contribution in [-0.4, -0.2) is 29.3 Å². The van der Waals surface area contributed by atoms with Gasteiger partial charge in [0.05, 0.1) is 0 Å². The van der Waals surface area contributed by atoms with Crippen molar-refractivity contribution in [1.82, 2.24) is 10.3 Å². The number of aromatic nitrogens is 1. The van der Waals surface area contributed by atoms with E-state index in [1.54, 1.807) is 12.1 Å². The number of fused-ring (bicyclic) bond motifs is 1. The van der Waals surface area contributed by atoms with Crippen LogP contribution in [0.25, 0.3) is 11.1 Å². The maximum atomic E-state index is 11.6. The molecule has 1 heterocycles. The summed E-state index contributed by atoms with van der Waals surface area (Å²) >= 11 is 0. The number of oxazole rings is 1. The molecular formula is C14H17N3O3. The van der Waals surface area contributed by atoms with Crippen molar-refractivity contribution in [2.75, 3.05) is 18.5 Å². The molecule has 20 heavy (non-hydrogen) atoms. The molecule has 1 fully saturated rings. The van der Waals surface area contributed by atoms with Gasteiger partial charge in [-0.3, -0.25) is 0 Å². The highest BCUT2D eigenvalue weighted by Crippen LogP contribution is 2.40. The van der Waals surface area contributed by atoms with Crippen LogP contribution >= 0.6 is 0 Å². The van der Waals surface area contributed by atoms with Crippen LogP contribution in [-0.2, 0) is 0 Å². The molecule has 0 radical (unpaired) electrons. The van der Waals surface area contributed by atoms with E-state index in [1.807, 2.05) is 6.07 Å². The van der Waals surface area contributed by atoms with Crippen LogP contribution < -0.4 is 10.6 Å². The first-order chi connectivity index (χ1) is 9.76. The van der Waals surface area contributed by atoms with E-state index in [4.69, 9.17) is 9.52 Å². The molecule has 106 valence electrons. The first-order valence-corrected chi connectivity index (χ1v) is 6.82. The summed E-state index contributed by atoms with van der Waals surface area (Å²) in [6, 6.07) is 5.12. The normalized spacial score (nSPS) is 14.4. The van der Waals surface area contributed by atoms with E-state index in [0.29, 0.717) is 24.6 Å². The molecule has 3 rings (SSSR count). The minimum atomic E-state index is -0.288. The van der Waals surface area contributed by atoms with Crippen LogP contribution in [0.3, 0.4) is 0 Å². The lowest BCUT2D eigenvalue weighted by atomic mass is 10.3. The van der Waals surface area contributed by atoms with Gasteiger partial charge in [0.2, 0.25) is 0 Å². The molecule has 0 aliphatic heterocycles. The largest absolute Gasteiger partial charge is 0.440 e. The second-order valence-corrected chi connectivity index (χ2v) is 4.97. The second kappa shape index (κ2) is 5.50. The average molecular weight is 275 g/mol. The van der Waals surface area contributed by atoms with Gasteiger partial charge in [-0.15, -0.1) is 0 Å². The number of aliphatic hydroxyl groups excluding tert-OH is 1. The molecule has 2 aromatic rings. The van der Waals surface area contributed by atoms with Gasteiger partial charge in [0, 0.05) is 24.8 Å². The highest BCUT2D eigenvalue weighted by atomic mass is 16.3. The van der Waals surface area contributed by atoms with Gasteiger partial charge in [-0.2, -0.15) is 0 Å². The standard InChI is InChI=1S/C14H17N3O3/c18-7-1-6-15-14(19)16-10-4-5-12-11(8-10)17-13(20-12)9-2-3-9/h4-5,8-9,18H,1-3,6-7H2,(H2,15,16,19). The molecule has 0 unspecified atom stereocenters. The lowest BCUT2D eigenvalue weighted by molar-refractivity contribution is 0.249. The average Bonchev–Trinajstić information content (AvgIpc) is 3.19. The third-order valence-corrected chi connectivity index (χ3v) is 3.21. The number of nitrogens with zero attached hydrogens (tertiary/aromatic N) is 1. The summed E-state index contributed by atoms with van der Waals surface area (Å²) < 4.78 is 5.66. The number of carbonyl (C=O) groups excluding carboxylic acids is 1. The molecule has 1 aromatic heterocycles. The molecule has 0 spiro atoms. The molecule has 6 nitrogen and oxygen atoms in total. The van der Waals surface area contributed by atoms with E-state index >= 15 is 0 Å². The number of urea groups is 1. The third kappa shape index (κ3) is 2.91. The van der Waals surface area contributed by atoms with Crippen LogP contribution in [0, 0.1) is 0 Å². The fraction of sp³-hybridized carbons (Fsp3) is 0.429. The topological polar surface area (TPSA) is 87.4 Å². The van der Waals surface area contributed by atoms with Crippen LogP contribution in [0.4, 0.5) is 10.5 Å². The van der Waals surface area contributed by atoms with Crippen LogP contribution in [0.15, 0.2) is 22.6 Å². The molecule has 1 aliphatic carbocycles. The van der Waals surface area contributed by atoms with Gasteiger partial charge in [-0.25, -0.2) is 9.78 Å². The molecule has 0 bridgehead atoms. The third-order valence-electron chi connectivity index (χ3n) is 3.21. The predicted octanol–water partition coefficient (Wildman–Crippen LogP) is 2.21. The Labute approximate surface area is 116 Å². The van der Waals surface area contributed by atoms with Crippen LogP contribution in [0.1, 0.15) is 31.1 Å². The summed E-state index contributed by atoms with van der Waals surface area (Å²) in [4.78, 5) is 16.0. The van der Waals surface area contributed by atoms with Gasteiger partial charge in [0.1, 0.15) is 5.52 Å². The van der Waals surface area contributed by atoms with E-state index in [0.717, 1.165) is 29.8 Å². The fourth-order valence-electron chi connectivity index (χ4n) is 1.98. The van der Waals surface area contributed by atoms with Gasteiger partial charge in [-0.1, -0.05) is 0 Å². The Kier molecular flexibility index (Phi) is 3.56. The molecular weight excluding hydrogens is 258 g/mol. The number of nitrogens with one attached hydrogen (secondary N) is 2. The van der Waals surface area contributed by atoms with Crippen LogP contribution in [0.5, 0.6) is 0 Å². The van der Waals surface area contributed by atoms with Crippen molar-refractivity contribution in [2.45, 2.75) is 25.2 Å². The quantitative estimate of drug-likeness (QED) is 0.730. The van der Waals surface area contributed by atoms with E-state index in [1.165, 1.54) is 0 Å². The summed E-state index contributed by atoms with van der Waals surface area (Å²) in [7, 11) is 0. The monoisotopic (exact) mass is 275 g/mol. The zero-order valence-corrected chi connectivity index (χ0v) is 11.1. The van der Waals surface area contributed by atoms with Crippen molar-refractivity contribution >= 4 is 22.8 Å². The first-order valence-electron chi connectivity index (χ1n) is 6.82. The lowest BCUT2D eigenvalue weighted by Crippen LogP contribution is -2.29. The summed E-state index contributed by atoms with van der Waals surface area (Å²) in [5, 5.41) is 14.0. The van der Waals surface area contributed by atoms with Crippen molar-refractivity contribution in [3.8, 4) is 0 Å². The predicted molar refractivity (Wildman–Crippen MR) is 74.7 cm³/mol. The van der Waals surface area contributed by atoms with Crippen molar-refractivity contribution in [3.63, 3.8) is 0 Å². The molecule has 0 atom stereocenters. The van der Waals surface area contributed by atoms with Crippen molar-refractivity contribution in [1.29, 1.82) is 0 Å². The number of amides is 2. The highest BCUT2D eigenvalue weighted by Gasteiger charge is 2.28. The van der Waals surface area contributed by atoms with E-state index < -0.39 is 0 Å².